The Bertz CT molecular complexity index is 1360. The minimum absolute atomic E-state index is 0.0478. The van der Waals surface area contributed by atoms with Crippen LogP contribution in [-0.4, -0.2) is 69.4 Å². The van der Waals surface area contributed by atoms with Gasteiger partial charge in [0, 0.05) is 25.4 Å². The second-order valence-corrected chi connectivity index (χ2v) is 10.2. The molecule has 3 aromatic rings. The van der Waals surface area contributed by atoms with Crippen LogP contribution in [0.25, 0.3) is 0 Å². The summed E-state index contributed by atoms with van der Waals surface area (Å²) in [6.45, 7) is 0.452. The van der Waals surface area contributed by atoms with Gasteiger partial charge in [-0.2, -0.15) is 17.9 Å². The molecule has 2 amide bonds. The lowest BCUT2D eigenvalue weighted by Gasteiger charge is -2.48. The van der Waals surface area contributed by atoms with Gasteiger partial charge in [-0.3, -0.25) is 4.79 Å². The summed E-state index contributed by atoms with van der Waals surface area (Å²) in [7, 11) is 1.40. The van der Waals surface area contributed by atoms with Crippen molar-refractivity contribution in [2.24, 2.45) is 5.92 Å². The fourth-order valence-corrected chi connectivity index (χ4v) is 5.61. The molecule has 0 saturated carbocycles. The Kier molecular flexibility index (Phi) is 7.52. The molecule has 13 heteroatoms. The SMILES string of the molecule is COc1ccccc1C(=O)n1nc(C2C(C(F)(F)F)CN2C(=O)N2CCCC2)nc1SCc1ccc(F)cc1. The number of benzene rings is 2. The number of hydrogen-bond acceptors (Lipinski definition) is 6. The molecule has 0 radical (unpaired) electrons. The Hall–Kier alpha value is -3.61. The first-order valence-corrected chi connectivity index (χ1v) is 13.3. The van der Waals surface area contributed by atoms with Crippen molar-refractivity contribution < 1.29 is 31.9 Å². The molecule has 206 valence electrons. The van der Waals surface area contributed by atoms with Crippen LogP contribution in [0.15, 0.2) is 53.7 Å². The van der Waals surface area contributed by atoms with E-state index >= 15 is 0 Å². The molecule has 0 bridgehead atoms. The number of urea groups is 1. The van der Waals surface area contributed by atoms with Crippen LogP contribution in [0.2, 0.25) is 0 Å². The molecule has 0 N–H and O–H groups in total. The second kappa shape index (κ2) is 10.9. The Morgan fingerprint density at radius 2 is 1.77 bits per heavy atom. The molecule has 39 heavy (non-hydrogen) atoms. The number of methoxy groups -OCH3 is 1. The molecule has 0 aliphatic carbocycles. The number of para-hydroxylation sites is 1. The molecule has 2 atom stereocenters. The first-order chi connectivity index (χ1) is 18.7. The van der Waals surface area contributed by atoms with Crippen molar-refractivity contribution in [3.05, 3.63) is 71.3 Å². The average molecular weight is 564 g/mol. The van der Waals surface area contributed by atoms with E-state index in [-0.39, 0.29) is 28.0 Å². The molecule has 2 fully saturated rings. The molecule has 3 heterocycles. The minimum atomic E-state index is -4.59. The highest BCUT2D eigenvalue weighted by Gasteiger charge is 2.59. The predicted molar refractivity (Wildman–Crippen MR) is 134 cm³/mol. The first-order valence-electron chi connectivity index (χ1n) is 12.3. The van der Waals surface area contributed by atoms with Crippen LogP contribution in [0.4, 0.5) is 22.4 Å². The molecule has 0 spiro atoms. The van der Waals surface area contributed by atoms with Crippen LogP contribution < -0.4 is 4.74 Å². The summed E-state index contributed by atoms with van der Waals surface area (Å²) < 4.78 is 61.4. The fraction of sp³-hybridized carbons (Fsp3) is 0.385. The summed E-state index contributed by atoms with van der Waals surface area (Å²) in [6.07, 6.45) is -3.01. The third kappa shape index (κ3) is 5.45. The van der Waals surface area contributed by atoms with E-state index in [4.69, 9.17) is 4.74 Å². The number of alkyl halides is 3. The normalized spacial score (nSPS) is 19.2. The molecule has 2 aromatic carbocycles. The maximum atomic E-state index is 13.9. The summed E-state index contributed by atoms with van der Waals surface area (Å²) in [6, 6.07) is 10.1. The van der Waals surface area contributed by atoms with Gasteiger partial charge in [0.1, 0.15) is 23.5 Å². The van der Waals surface area contributed by atoms with E-state index < -0.39 is 42.4 Å². The molecular formula is C26H25F4N5O3S. The minimum Gasteiger partial charge on any atom is -0.496 e. The number of halogens is 4. The lowest BCUT2D eigenvalue weighted by Crippen LogP contribution is -2.60. The van der Waals surface area contributed by atoms with Gasteiger partial charge in [-0.15, -0.1) is 5.10 Å². The van der Waals surface area contributed by atoms with Gasteiger partial charge in [0.25, 0.3) is 5.91 Å². The Balaban J connectivity index is 1.52. The summed E-state index contributed by atoms with van der Waals surface area (Å²) in [4.78, 5) is 33.6. The number of ether oxygens (including phenoxy) is 1. The summed E-state index contributed by atoms with van der Waals surface area (Å²) in [5.41, 5.74) is 0.857. The van der Waals surface area contributed by atoms with E-state index in [1.165, 1.54) is 30.2 Å². The largest absolute Gasteiger partial charge is 0.496 e. The van der Waals surface area contributed by atoms with Crippen molar-refractivity contribution in [3.8, 4) is 5.75 Å². The number of nitrogens with zero attached hydrogens (tertiary/aromatic N) is 5. The van der Waals surface area contributed by atoms with Crippen LogP contribution in [0, 0.1) is 11.7 Å². The molecule has 2 aliphatic heterocycles. The quantitative estimate of drug-likeness (QED) is 0.305. The Labute approximate surface area is 225 Å². The number of amides is 2. The van der Waals surface area contributed by atoms with Crippen molar-refractivity contribution in [2.75, 3.05) is 26.7 Å². The number of rotatable bonds is 6. The van der Waals surface area contributed by atoms with Gasteiger partial charge in [0.05, 0.1) is 12.7 Å². The van der Waals surface area contributed by atoms with E-state index in [1.807, 2.05) is 0 Å². The summed E-state index contributed by atoms with van der Waals surface area (Å²) >= 11 is 1.07. The number of aromatic nitrogens is 3. The molecule has 2 saturated heterocycles. The lowest BCUT2D eigenvalue weighted by molar-refractivity contribution is -0.225. The second-order valence-electron chi connectivity index (χ2n) is 9.31. The van der Waals surface area contributed by atoms with E-state index in [9.17, 15) is 27.2 Å². The number of carbonyl (C=O) groups excluding carboxylic acids is 2. The van der Waals surface area contributed by atoms with E-state index in [0.717, 1.165) is 34.2 Å². The van der Waals surface area contributed by atoms with Crippen molar-refractivity contribution in [1.29, 1.82) is 0 Å². The van der Waals surface area contributed by atoms with Gasteiger partial charge in [0.15, 0.2) is 11.0 Å². The molecule has 2 aliphatic rings. The highest BCUT2D eigenvalue weighted by Crippen LogP contribution is 2.47. The van der Waals surface area contributed by atoms with Crippen LogP contribution in [-0.2, 0) is 5.75 Å². The fourth-order valence-electron chi connectivity index (χ4n) is 4.72. The van der Waals surface area contributed by atoms with Gasteiger partial charge < -0.3 is 14.5 Å². The van der Waals surface area contributed by atoms with Crippen molar-refractivity contribution >= 4 is 23.7 Å². The average Bonchev–Trinajstić information content (AvgIpc) is 3.57. The van der Waals surface area contributed by atoms with Crippen molar-refractivity contribution in [3.63, 3.8) is 0 Å². The molecular weight excluding hydrogens is 538 g/mol. The van der Waals surface area contributed by atoms with E-state index in [2.05, 4.69) is 10.1 Å². The zero-order valence-electron chi connectivity index (χ0n) is 20.9. The Morgan fingerprint density at radius 1 is 1.08 bits per heavy atom. The zero-order chi connectivity index (χ0) is 27.7. The van der Waals surface area contributed by atoms with Gasteiger partial charge >= 0.3 is 12.2 Å². The topological polar surface area (TPSA) is 80.6 Å². The van der Waals surface area contributed by atoms with Gasteiger partial charge in [-0.25, -0.2) is 14.2 Å². The highest BCUT2D eigenvalue weighted by atomic mass is 32.2. The molecule has 1 aromatic heterocycles. The van der Waals surface area contributed by atoms with Crippen LogP contribution in [0.5, 0.6) is 5.75 Å². The number of carbonyl (C=O) groups is 2. The number of likely N-dealkylation sites (tertiary alicyclic amines) is 2. The molecule has 2 unspecified atom stereocenters. The van der Waals surface area contributed by atoms with Crippen LogP contribution in [0.3, 0.4) is 0 Å². The van der Waals surface area contributed by atoms with E-state index in [1.54, 1.807) is 30.3 Å². The van der Waals surface area contributed by atoms with Crippen LogP contribution in [0.1, 0.15) is 40.6 Å². The van der Waals surface area contributed by atoms with Gasteiger partial charge in [0.2, 0.25) is 0 Å². The smallest absolute Gasteiger partial charge is 0.395 e. The summed E-state index contributed by atoms with van der Waals surface area (Å²) in [5.74, 6) is -2.67. The maximum Gasteiger partial charge on any atom is 0.395 e. The number of thioether (sulfide) groups is 1. The zero-order valence-corrected chi connectivity index (χ0v) is 21.7. The Morgan fingerprint density at radius 3 is 2.44 bits per heavy atom. The van der Waals surface area contributed by atoms with Crippen molar-refractivity contribution in [1.82, 2.24) is 24.6 Å². The van der Waals surface area contributed by atoms with E-state index in [0.29, 0.717) is 18.7 Å². The predicted octanol–water partition coefficient (Wildman–Crippen LogP) is 5.16. The third-order valence-corrected chi connectivity index (χ3v) is 7.82. The molecule has 5 rings (SSSR count). The van der Waals surface area contributed by atoms with Gasteiger partial charge in [-0.1, -0.05) is 36.0 Å². The number of hydrogen-bond donors (Lipinski definition) is 0. The first kappa shape index (κ1) is 27.0. The lowest BCUT2D eigenvalue weighted by atomic mass is 9.87. The standard InChI is InChI=1S/C26H25F4N5O3S/c1-38-20-7-3-2-6-18(20)23(36)35-24(39-15-16-8-10-17(27)11-9-16)31-22(32-35)21-19(26(28,29)30)14-34(21)25(37)33-12-4-5-13-33/h2-3,6-11,19,21H,4-5,12-15H2,1H3. The maximum absolute atomic E-state index is 13.9. The van der Waals surface area contributed by atoms with Crippen molar-refractivity contribution in [2.45, 2.75) is 36.0 Å². The highest BCUT2D eigenvalue weighted by molar-refractivity contribution is 7.98. The third-order valence-electron chi connectivity index (χ3n) is 6.82. The van der Waals surface area contributed by atoms with Gasteiger partial charge in [-0.05, 0) is 42.7 Å². The monoisotopic (exact) mass is 563 g/mol. The van der Waals surface area contributed by atoms with Crippen LogP contribution >= 0.6 is 11.8 Å². The summed E-state index contributed by atoms with van der Waals surface area (Å²) in [5, 5.41) is 4.29. The molecule has 8 nitrogen and oxygen atoms in total.